The van der Waals surface area contributed by atoms with Crippen LogP contribution in [0, 0.1) is 11.6 Å². The van der Waals surface area contributed by atoms with Crippen LogP contribution in [0.1, 0.15) is 53.0 Å². The summed E-state index contributed by atoms with van der Waals surface area (Å²) in [7, 11) is 0. The molecule has 1 aliphatic rings. The highest BCUT2D eigenvalue weighted by Gasteiger charge is 2.26. The van der Waals surface area contributed by atoms with E-state index in [1.54, 1.807) is 0 Å². The molecule has 4 N–H and O–H groups in total. The minimum Gasteiger partial charge on any atom is -0.382 e. The van der Waals surface area contributed by atoms with Crippen LogP contribution in [0.4, 0.5) is 19.7 Å². The molecule has 3 aromatic rings. The fourth-order valence-corrected chi connectivity index (χ4v) is 5.15. The zero-order valence-electron chi connectivity index (χ0n) is 20.0. The predicted octanol–water partition coefficient (Wildman–Crippen LogP) is 4.38. The Morgan fingerprint density at radius 2 is 1.78 bits per heavy atom. The van der Waals surface area contributed by atoms with Gasteiger partial charge in [0.2, 0.25) is 11.7 Å². The van der Waals surface area contributed by atoms with Crippen LogP contribution in [0.2, 0.25) is 0 Å². The molecule has 0 bridgehead atoms. The van der Waals surface area contributed by atoms with E-state index in [4.69, 9.17) is 5.73 Å². The number of ketones is 1. The van der Waals surface area contributed by atoms with Crippen LogP contribution < -0.4 is 16.4 Å². The third-order valence-corrected chi connectivity index (χ3v) is 7.31. The number of piperidine rings is 1. The first kappa shape index (κ1) is 25.7. The lowest BCUT2D eigenvalue weighted by atomic mass is 10.0. The molecule has 0 radical (unpaired) electrons. The first-order valence-corrected chi connectivity index (χ1v) is 12.7. The number of aromatic nitrogens is 1. The maximum Gasteiger partial charge on any atom is 0.223 e. The van der Waals surface area contributed by atoms with Crippen molar-refractivity contribution in [2.75, 3.05) is 30.7 Å². The van der Waals surface area contributed by atoms with Crippen molar-refractivity contribution in [1.29, 1.82) is 0 Å². The van der Waals surface area contributed by atoms with Crippen molar-refractivity contribution in [3.8, 4) is 0 Å². The number of benzene rings is 2. The summed E-state index contributed by atoms with van der Waals surface area (Å²) in [6, 6.07) is 13.6. The van der Waals surface area contributed by atoms with Gasteiger partial charge < -0.3 is 21.3 Å². The van der Waals surface area contributed by atoms with Crippen LogP contribution in [0.15, 0.2) is 48.5 Å². The normalized spacial score (nSPS) is 15.0. The van der Waals surface area contributed by atoms with Crippen LogP contribution >= 0.6 is 11.3 Å². The zero-order chi connectivity index (χ0) is 25.7. The van der Waals surface area contributed by atoms with Gasteiger partial charge in [-0.2, -0.15) is 0 Å². The summed E-state index contributed by atoms with van der Waals surface area (Å²) in [6.07, 6.45) is 1.85. The molecule has 190 valence electrons. The number of nitrogens with zero attached hydrogens (tertiary/aromatic N) is 2. The number of hydrogen-bond acceptors (Lipinski definition) is 7. The second-order valence-electron chi connectivity index (χ2n) is 8.80. The highest BCUT2D eigenvalue weighted by molar-refractivity contribution is 7.18. The van der Waals surface area contributed by atoms with Crippen molar-refractivity contribution in [3.05, 3.63) is 76.2 Å². The van der Waals surface area contributed by atoms with Gasteiger partial charge in [0, 0.05) is 38.1 Å². The van der Waals surface area contributed by atoms with Gasteiger partial charge in [0.15, 0.2) is 5.13 Å². The lowest BCUT2D eigenvalue weighted by Crippen LogP contribution is -2.43. The Morgan fingerprint density at radius 3 is 2.44 bits per heavy atom. The molecule has 0 saturated carbocycles. The van der Waals surface area contributed by atoms with Crippen molar-refractivity contribution >= 4 is 34.0 Å². The number of nitrogens with one attached hydrogen (secondary N) is 2. The molecule has 10 heteroatoms. The first-order chi connectivity index (χ1) is 17.3. The highest BCUT2D eigenvalue weighted by Crippen LogP contribution is 2.30. The van der Waals surface area contributed by atoms with Gasteiger partial charge in [-0.25, -0.2) is 13.8 Å². The molecule has 0 unspecified atom stereocenters. The quantitative estimate of drug-likeness (QED) is 0.367. The lowest BCUT2D eigenvalue weighted by molar-refractivity contribution is -0.132. The summed E-state index contributed by atoms with van der Waals surface area (Å²) in [4.78, 5) is 31.3. The van der Waals surface area contributed by atoms with E-state index in [2.05, 4.69) is 34.7 Å². The zero-order valence-corrected chi connectivity index (χ0v) is 20.8. The van der Waals surface area contributed by atoms with Crippen molar-refractivity contribution in [1.82, 2.24) is 15.2 Å². The van der Waals surface area contributed by atoms with E-state index in [-0.39, 0.29) is 28.7 Å². The maximum atomic E-state index is 14.0. The van der Waals surface area contributed by atoms with Gasteiger partial charge in [-0.05, 0) is 37.5 Å². The third kappa shape index (κ3) is 6.06. The second kappa shape index (κ2) is 11.6. The summed E-state index contributed by atoms with van der Waals surface area (Å²) in [5.74, 6) is -2.67. The topological polar surface area (TPSA) is 100 Å². The fraction of sp³-hybridized carbons (Fsp3) is 0.346. The Hall–Kier alpha value is -3.37. The summed E-state index contributed by atoms with van der Waals surface area (Å²) in [5.41, 5.74) is 6.43. The summed E-state index contributed by atoms with van der Waals surface area (Å²) < 4.78 is 28.1. The molecule has 7 nitrogen and oxygen atoms in total. The van der Waals surface area contributed by atoms with Gasteiger partial charge in [-0.3, -0.25) is 9.59 Å². The molecule has 1 fully saturated rings. The second-order valence-corrected chi connectivity index (χ2v) is 9.79. The number of nitrogens with two attached hydrogens (primary N) is 1. The van der Waals surface area contributed by atoms with Gasteiger partial charge >= 0.3 is 0 Å². The summed E-state index contributed by atoms with van der Waals surface area (Å²) >= 11 is 0.974. The van der Waals surface area contributed by atoms with Crippen molar-refractivity contribution in [2.24, 2.45) is 0 Å². The molecule has 1 saturated heterocycles. The molecule has 0 spiro atoms. The average molecular weight is 514 g/mol. The van der Waals surface area contributed by atoms with Gasteiger partial charge in [0.1, 0.15) is 22.3 Å². The number of hydrogen-bond donors (Lipinski definition) is 3. The molecular formula is C26H29F2N5O2S. The Morgan fingerprint density at radius 1 is 1.11 bits per heavy atom. The van der Waals surface area contributed by atoms with Crippen LogP contribution in [0.3, 0.4) is 0 Å². The molecule has 36 heavy (non-hydrogen) atoms. The van der Waals surface area contributed by atoms with Gasteiger partial charge in [0.05, 0.1) is 5.56 Å². The third-order valence-electron chi connectivity index (χ3n) is 6.31. The van der Waals surface area contributed by atoms with E-state index in [0.29, 0.717) is 44.0 Å². The smallest absolute Gasteiger partial charge is 0.223 e. The number of thiazole rings is 1. The monoisotopic (exact) mass is 513 g/mol. The summed E-state index contributed by atoms with van der Waals surface area (Å²) in [6.45, 7) is 3.90. The number of rotatable bonds is 9. The number of likely N-dealkylation sites (tertiary alicyclic amines) is 1. The summed E-state index contributed by atoms with van der Waals surface area (Å²) in [5, 5.41) is 7.06. The number of anilines is 2. The van der Waals surface area contributed by atoms with Crippen molar-refractivity contribution in [2.45, 2.75) is 38.3 Å². The molecule has 1 amide bonds. The first-order valence-electron chi connectivity index (χ1n) is 11.9. The van der Waals surface area contributed by atoms with Crippen LogP contribution in [-0.2, 0) is 4.79 Å². The van der Waals surface area contributed by atoms with Crippen LogP contribution in [0.5, 0.6) is 0 Å². The molecule has 1 aliphatic heterocycles. The molecule has 4 rings (SSSR count). The minimum atomic E-state index is -0.941. The number of amides is 1. The Kier molecular flexibility index (Phi) is 8.27. The van der Waals surface area contributed by atoms with E-state index < -0.39 is 23.0 Å². The Balaban J connectivity index is 1.25. The van der Waals surface area contributed by atoms with Crippen LogP contribution in [-0.4, -0.2) is 47.3 Å². The Bertz CT molecular complexity index is 1190. The molecule has 0 aliphatic carbocycles. The SMILES string of the molecule is C[C@@H](NCCC(=O)N1CCC(Nc2nc(N)c(C(=O)c3c(F)cccc3F)s2)CC1)c1ccccc1. The van der Waals surface area contributed by atoms with E-state index >= 15 is 0 Å². The van der Waals surface area contributed by atoms with Crippen molar-refractivity contribution < 1.29 is 18.4 Å². The fourth-order valence-electron chi connectivity index (χ4n) is 4.25. The minimum absolute atomic E-state index is 0.00801. The largest absolute Gasteiger partial charge is 0.382 e. The van der Waals surface area contributed by atoms with E-state index in [0.717, 1.165) is 23.5 Å². The molecular weight excluding hydrogens is 484 g/mol. The van der Waals surface area contributed by atoms with Gasteiger partial charge in [-0.1, -0.05) is 47.7 Å². The van der Waals surface area contributed by atoms with Crippen molar-refractivity contribution in [3.63, 3.8) is 0 Å². The molecule has 2 heterocycles. The lowest BCUT2D eigenvalue weighted by Gasteiger charge is -2.32. The number of carbonyl (C=O) groups excluding carboxylic acids is 2. The van der Waals surface area contributed by atoms with Crippen LogP contribution in [0.25, 0.3) is 0 Å². The molecule has 1 atom stereocenters. The predicted molar refractivity (Wildman–Crippen MR) is 137 cm³/mol. The molecule has 2 aromatic carbocycles. The van der Waals surface area contributed by atoms with Gasteiger partial charge in [0.25, 0.3) is 0 Å². The average Bonchev–Trinajstić information content (AvgIpc) is 3.24. The van der Waals surface area contributed by atoms with E-state index in [9.17, 15) is 18.4 Å². The number of carbonyl (C=O) groups is 2. The van der Waals surface area contributed by atoms with E-state index in [1.165, 1.54) is 11.6 Å². The molecule has 1 aromatic heterocycles. The standard InChI is InChI=1S/C26H29F2N5O2S/c1-16(17-6-3-2-4-7-17)30-13-10-21(34)33-14-11-18(12-15-33)31-26-32-25(29)24(36-26)23(35)22-19(27)8-5-9-20(22)28/h2-9,16,18,30H,10-15,29H2,1H3,(H,31,32)/t16-/m1/s1. The maximum absolute atomic E-state index is 14.0. The number of nitrogen functional groups attached to an aromatic ring is 1. The van der Waals surface area contributed by atoms with Gasteiger partial charge in [-0.15, -0.1) is 0 Å². The highest BCUT2D eigenvalue weighted by atomic mass is 32.1. The van der Waals surface area contributed by atoms with E-state index in [1.807, 2.05) is 23.1 Å². The number of halogens is 2. The Labute approximate surface area is 212 Å².